The van der Waals surface area contributed by atoms with Crippen molar-refractivity contribution in [3.8, 4) is 0 Å². The molecule has 0 radical (unpaired) electrons. The Morgan fingerprint density at radius 2 is 1.78 bits per heavy atom. The van der Waals surface area contributed by atoms with E-state index in [-0.39, 0.29) is 0 Å². The van der Waals surface area contributed by atoms with E-state index in [2.05, 4.69) is 21.2 Å². The number of hydrogen-bond donors (Lipinski definition) is 2. The van der Waals surface area contributed by atoms with Crippen LogP contribution in [0.4, 0.5) is 5.69 Å². The Hall–Kier alpha value is -1.88. The standard InChI is InChI=1S/C13H10BrNO3/c14-10-3-1-9-6-11(4-2-8(9)5-10)15-12(16)7-13(17)18/h1-6H,7H2,(H,15,16)(H,17,18). The Balaban J connectivity index is 2.22. The predicted molar refractivity (Wildman–Crippen MR) is 72.5 cm³/mol. The van der Waals surface area contributed by atoms with Gasteiger partial charge in [-0.25, -0.2) is 0 Å². The second-order valence-electron chi connectivity index (χ2n) is 3.82. The van der Waals surface area contributed by atoms with Crippen LogP contribution in [0.15, 0.2) is 40.9 Å². The summed E-state index contributed by atoms with van der Waals surface area (Å²) in [6.07, 6.45) is -0.529. The molecule has 0 aliphatic heterocycles. The molecule has 0 heterocycles. The Morgan fingerprint density at radius 3 is 2.50 bits per heavy atom. The molecule has 0 aromatic heterocycles. The van der Waals surface area contributed by atoms with E-state index in [1.54, 1.807) is 6.07 Å². The quantitative estimate of drug-likeness (QED) is 0.857. The van der Waals surface area contributed by atoms with Crippen LogP contribution in [0, 0.1) is 0 Å². The fourth-order valence-corrected chi connectivity index (χ4v) is 2.02. The normalized spacial score (nSPS) is 10.3. The maximum Gasteiger partial charge on any atom is 0.312 e. The first-order chi connectivity index (χ1) is 8.54. The molecule has 4 nitrogen and oxygen atoms in total. The third kappa shape index (κ3) is 3.07. The molecule has 0 fully saturated rings. The van der Waals surface area contributed by atoms with E-state index in [9.17, 15) is 9.59 Å². The number of benzene rings is 2. The Morgan fingerprint density at radius 1 is 1.11 bits per heavy atom. The zero-order chi connectivity index (χ0) is 13.1. The molecule has 2 rings (SSSR count). The van der Waals surface area contributed by atoms with Gasteiger partial charge in [0.1, 0.15) is 6.42 Å². The highest BCUT2D eigenvalue weighted by atomic mass is 79.9. The monoisotopic (exact) mass is 307 g/mol. The number of fused-ring (bicyclic) bond motifs is 1. The van der Waals surface area contributed by atoms with Crippen LogP contribution >= 0.6 is 15.9 Å². The van der Waals surface area contributed by atoms with Crippen molar-refractivity contribution < 1.29 is 14.7 Å². The van der Waals surface area contributed by atoms with E-state index in [1.165, 1.54) is 0 Å². The summed E-state index contributed by atoms with van der Waals surface area (Å²) in [5.74, 6) is -1.67. The first-order valence-corrected chi connectivity index (χ1v) is 6.05. The molecule has 2 aromatic rings. The van der Waals surface area contributed by atoms with Gasteiger partial charge in [0.05, 0.1) is 0 Å². The average Bonchev–Trinajstić information content (AvgIpc) is 2.28. The first kappa shape index (κ1) is 12.6. The lowest BCUT2D eigenvalue weighted by Gasteiger charge is -2.05. The molecule has 2 aromatic carbocycles. The SMILES string of the molecule is O=C(O)CC(=O)Nc1ccc2cc(Br)ccc2c1. The van der Waals surface area contributed by atoms with Crippen molar-refractivity contribution in [2.75, 3.05) is 5.32 Å². The maximum atomic E-state index is 11.3. The molecular formula is C13H10BrNO3. The zero-order valence-corrected chi connectivity index (χ0v) is 10.9. The van der Waals surface area contributed by atoms with Gasteiger partial charge in [0, 0.05) is 10.2 Å². The van der Waals surface area contributed by atoms with Crippen molar-refractivity contribution in [3.63, 3.8) is 0 Å². The van der Waals surface area contributed by atoms with Crippen LogP contribution in [0.5, 0.6) is 0 Å². The van der Waals surface area contributed by atoms with Crippen LogP contribution in [0.2, 0.25) is 0 Å². The second kappa shape index (κ2) is 5.18. The van der Waals surface area contributed by atoms with Crippen molar-refractivity contribution >= 4 is 44.3 Å². The lowest BCUT2D eigenvalue weighted by atomic mass is 10.1. The number of hydrogen-bond acceptors (Lipinski definition) is 2. The highest BCUT2D eigenvalue weighted by molar-refractivity contribution is 9.10. The molecule has 0 saturated carbocycles. The van der Waals surface area contributed by atoms with Crippen molar-refractivity contribution in [1.82, 2.24) is 0 Å². The number of aliphatic carboxylic acids is 1. The summed E-state index contributed by atoms with van der Waals surface area (Å²) in [4.78, 5) is 21.7. The van der Waals surface area contributed by atoms with Gasteiger partial charge in [-0.3, -0.25) is 9.59 Å². The highest BCUT2D eigenvalue weighted by Crippen LogP contribution is 2.22. The number of anilines is 1. The number of carbonyl (C=O) groups is 2. The van der Waals surface area contributed by atoms with E-state index in [4.69, 9.17) is 5.11 Å². The summed E-state index contributed by atoms with van der Waals surface area (Å²) in [5, 5.41) is 13.1. The zero-order valence-electron chi connectivity index (χ0n) is 9.31. The fraction of sp³-hybridized carbons (Fsp3) is 0.0769. The van der Waals surface area contributed by atoms with Gasteiger partial charge in [0.25, 0.3) is 0 Å². The topological polar surface area (TPSA) is 66.4 Å². The minimum absolute atomic E-state index is 0.529. The minimum atomic E-state index is -1.14. The van der Waals surface area contributed by atoms with Crippen molar-refractivity contribution in [3.05, 3.63) is 40.9 Å². The smallest absolute Gasteiger partial charge is 0.312 e. The molecule has 2 N–H and O–H groups in total. The van der Waals surface area contributed by atoms with Gasteiger partial charge in [-0.15, -0.1) is 0 Å². The largest absolute Gasteiger partial charge is 0.481 e. The van der Waals surface area contributed by atoms with Crippen molar-refractivity contribution in [1.29, 1.82) is 0 Å². The van der Waals surface area contributed by atoms with Gasteiger partial charge in [-0.05, 0) is 35.0 Å². The third-order valence-electron chi connectivity index (χ3n) is 2.40. The summed E-state index contributed by atoms with van der Waals surface area (Å²) in [5.41, 5.74) is 0.594. The lowest BCUT2D eigenvalue weighted by molar-refractivity contribution is -0.139. The number of rotatable bonds is 3. The van der Waals surface area contributed by atoms with Crippen LogP contribution in [0.1, 0.15) is 6.42 Å². The number of carboxylic acid groups (broad SMARTS) is 1. The number of nitrogens with one attached hydrogen (secondary N) is 1. The highest BCUT2D eigenvalue weighted by Gasteiger charge is 2.07. The Kier molecular flexibility index (Phi) is 3.62. The molecule has 5 heteroatoms. The van der Waals surface area contributed by atoms with Crippen LogP contribution in [-0.4, -0.2) is 17.0 Å². The van der Waals surface area contributed by atoms with Crippen LogP contribution in [-0.2, 0) is 9.59 Å². The van der Waals surface area contributed by atoms with Gasteiger partial charge in [0.15, 0.2) is 0 Å². The molecule has 0 spiro atoms. The fourth-order valence-electron chi connectivity index (χ4n) is 1.64. The van der Waals surface area contributed by atoms with E-state index >= 15 is 0 Å². The third-order valence-corrected chi connectivity index (χ3v) is 2.89. The van der Waals surface area contributed by atoms with Crippen LogP contribution in [0.25, 0.3) is 10.8 Å². The summed E-state index contributed by atoms with van der Waals surface area (Å²) in [6.45, 7) is 0. The second-order valence-corrected chi connectivity index (χ2v) is 4.74. The molecule has 18 heavy (non-hydrogen) atoms. The molecule has 0 aliphatic carbocycles. The van der Waals surface area contributed by atoms with Crippen LogP contribution < -0.4 is 5.32 Å². The predicted octanol–water partition coefficient (Wildman–Crippen LogP) is 3.02. The number of halogens is 1. The number of amides is 1. The van der Waals surface area contributed by atoms with Crippen molar-refractivity contribution in [2.24, 2.45) is 0 Å². The van der Waals surface area contributed by atoms with Gasteiger partial charge in [-0.2, -0.15) is 0 Å². The van der Waals surface area contributed by atoms with E-state index in [0.29, 0.717) is 5.69 Å². The van der Waals surface area contributed by atoms with Crippen molar-refractivity contribution in [2.45, 2.75) is 6.42 Å². The van der Waals surface area contributed by atoms with E-state index in [0.717, 1.165) is 15.2 Å². The Labute approximate surface area is 112 Å². The van der Waals surface area contributed by atoms with E-state index < -0.39 is 18.3 Å². The Bertz CT molecular complexity index is 625. The number of carboxylic acids is 1. The average molecular weight is 308 g/mol. The summed E-state index contributed by atoms with van der Waals surface area (Å²) >= 11 is 3.38. The summed E-state index contributed by atoms with van der Waals surface area (Å²) in [7, 11) is 0. The first-order valence-electron chi connectivity index (χ1n) is 5.25. The van der Waals surface area contributed by atoms with Gasteiger partial charge in [-0.1, -0.05) is 28.1 Å². The lowest BCUT2D eigenvalue weighted by Crippen LogP contribution is -2.15. The minimum Gasteiger partial charge on any atom is -0.481 e. The molecule has 0 unspecified atom stereocenters. The number of carbonyl (C=O) groups excluding carboxylic acids is 1. The molecule has 0 atom stereocenters. The molecule has 0 aliphatic rings. The maximum absolute atomic E-state index is 11.3. The van der Waals surface area contributed by atoms with Gasteiger partial charge in [0.2, 0.25) is 5.91 Å². The van der Waals surface area contributed by atoms with Gasteiger partial charge < -0.3 is 10.4 Å². The molecule has 1 amide bonds. The molecule has 0 bridgehead atoms. The van der Waals surface area contributed by atoms with Gasteiger partial charge >= 0.3 is 5.97 Å². The molecular weight excluding hydrogens is 298 g/mol. The summed E-state index contributed by atoms with van der Waals surface area (Å²) in [6, 6.07) is 11.2. The van der Waals surface area contributed by atoms with Crippen LogP contribution in [0.3, 0.4) is 0 Å². The molecule has 0 saturated heterocycles. The summed E-state index contributed by atoms with van der Waals surface area (Å²) < 4.78 is 0.984. The van der Waals surface area contributed by atoms with E-state index in [1.807, 2.05) is 30.3 Å². The molecule has 92 valence electrons.